The Morgan fingerprint density at radius 1 is 0.673 bits per heavy atom. The zero-order valence-corrected chi connectivity index (χ0v) is 30.4. The summed E-state index contributed by atoms with van der Waals surface area (Å²) in [6.07, 6.45) is -1.69. The van der Waals surface area contributed by atoms with E-state index in [0.29, 0.717) is 24.3 Å². The van der Waals surface area contributed by atoms with E-state index in [1.165, 1.54) is 12.1 Å². The Balaban J connectivity index is 1.94. The SMILES string of the molecule is COC(=O)CC[C@H](NC(=O)c1ccccc1)C(=O)NC(Cc1ccc(C(F)(F)P(=O)(O)O)cc1)C(=O)NC(Cc1ccc(C(F)(F)P(=O)(O)O)cc1)C(N)=O. The van der Waals surface area contributed by atoms with Crippen molar-refractivity contribution in [1.29, 1.82) is 0 Å². The van der Waals surface area contributed by atoms with E-state index in [4.69, 9.17) is 25.3 Å². The molecule has 0 bridgehead atoms. The molecule has 3 aromatic rings. The number of primary amides is 1. The van der Waals surface area contributed by atoms with Crippen molar-refractivity contribution in [2.75, 3.05) is 7.11 Å². The topological polar surface area (TPSA) is 272 Å². The van der Waals surface area contributed by atoms with Crippen molar-refractivity contribution in [3.8, 4) is 0 Å². The van der Waals surface area contributed by atoms with E-state index in [0.717, 1.165) is 31.4 Å². The van der Waals surface area contributed by atoms with E-state index < -0.39 is 98.2 Å². The Hall–Kier alpha value is -4.97. The fourth-order valence-electron chi connectivity index (χ4n) is 4.93. The lowest BCUT2D eigenvalue weighted by atomic mass is 10.0. The average molecular weight is 819 g/mol. The van der Waals surface area contributed by atoms with Gasteiger partial charge >= 0.3 is 32.5 Å². The van der Waals surface area contributed by atoms with Gasteiger partial charge in [0.05, 0.1) is 7.11 Å². The van der Waals surface area contributed by atoms with Gasteiger partial charge in [-0.3, -0.25) is 33.1 Å². The van der Waals surface area contributed by atoms with Crippen LogP contribution in [0, 0.1) is 0 Å². The highest BCUT2D eigenvalue weighted by atomic mass is 31.2. The van der Waals surface area contributed by atoms with Crippen molar-refractivity contribution in [1.82, 2.24) is 16.0 Å². The second kappa shape index (κ2) is 18.1. The molecule has 55 heavy (non-hydrogen) atoms. The van der Waals surface area contributed by atoms with Gasteiger partial charge in [-0.1, -0.05) is 66.7 Å². The maximum Gasteiger partial charge on any atom is 0.399 e. The van der Waals surface area contributed by atoms with Gasteiger partial charge in [-0.25, -0.2) is 0 Å². The monoisotopic (exact) mass is 818 g/mol. The summed E-state index contributed by atoms with van der Waals surface area (Å²) >= 11 is 0. The smallest absolute Gasteiger partial charge is 0.399 e. The van der Waals surface area contributed by atoms with Crippen LogP contribution in [0.1, 0.15) is 45.5 Å². The number of methoxy groups -OCH3 is 1. The normalized spacial score (nSPS) is 13.8. The fourth-order valence-corrected chi connectivity index (χ4v) is 5.90. The molecule has 0 saturated carbocycles. The summed E-state index contributed by atoms with van der Waals surface area (Å²) in [5, 5.41) is 7.13. The number of carbonyl (C=O) groups is 5. The number of nitrogens with one attached hydrogen (secondary N) is 3. The Bertz CT molecular complexity index is 1960. The third-order valence-corrected chi connectivity index (χ3v) is 10.0. The van der Waals surface area contributed by atoms with Gasteiger partial charge in [-0.05, 0) is 29.7 Å². The van der Waals surface area contributed by atoms with E-state index in [1.54, 1.807) is 18.2 Å². The molecule has 0 saturated heterocycles. The van der Waals surface area contributed by atoms with E-state index >= 15 is 0 Å². The first-order valence-corrected chi connectivity index (χ1v) is 19.1. The molecule has 0 fully saturated rings. The first-order valence-electron chi connectivity index (χ1n) is 15.9. The van der Waals surface area contributed by atoms with Crippen molar-refractivity contribution < 1.29 is 75.0 Å². The molecule has 9 N–H and O–H groups in total. The van der Waals surface area contributed by atoms with Crippen LogP contribution in [0.3, 0.4) is 0 Å². The highest BCUT2D eigenvalue weighted by molar-refractivity contribution is 7.52. The van der Waals surface area contributed by atoms with Gasteiger partial charge in [-0.2, -0.15) is 17.6 Å². The largest absolute Gasteiger partial charge is 0.469 e. The van der Waals surface area contributed by atoms with Gasteiger partial charge in [0, 0.05) is 36.0 Å². The third-order valence-electron chi connectivity index (χ3n) is 8.03. The number of esters is 1. The molecule has 4 amide bonds. The van der Waals surface area contributed by atoms with Crippen molar-refractivity contribution in [2.24, 2.45) is 5.73 Å². The van der Waals surface area contributed by atoms with E-state index in [-0.39, 0.29) is 29.5 Å². The second-order valence-electron chi connectivity index (χ2n) is 12.0. The fraction of sp³-hybridized carbons (Fsp3) is 0.303. The molecule has 298 valence electrons. The Morgan fingerprint density at radius 3 is 1.51 bits per heavy atom. The molecule has 0 aliphatic rings. The first-order chi connectivity index (χ1) is 25.5. The number of rotatable bonds is 18. The number of nitrogens with two attached hydrogens (primary N) is 1. The number of amides is 4. The lowest BCUT2D eigenvalue weighted by molar-refractivity contribution is -0.141. The van der Waals surface area contributed by atoms with Crippen LogP contribution in [0.2, 0.25) is 0 Å². The molecule has 0 aliphatic carbocycles. The Labute approximate surface area is 310 Å². The summed E-state index contributed by atoms with van der Waals surface area (Å²) in [5.74, 6) is -4.80. The minimum atomic E-state index is -5.94. The van der Waals surface area contributed by atoms with Crippen molar-refractivity contribution in [2.45, 2.75) is 55.1 Å². The molecule has 3 rings (SSSR count). The maximum atomic E-state index is 14.3. The first kappa shape index (κ1) is 44.4. The molecule has 0 radical (unpaired) electrons. The summed E-state index contributed by atoms with van der Waals surface area (Å²) in [6, 6.07) is 9.49. The highest BCUT2D eigenvalue weighted by Gasteiger charge is 2.51. The number of hydrogen-bond acceptors (Lipinski definition) is 8. The van der Waals surface area contributed by atoms with Crippen LogP contribution in [0.15, 0.2) is 78.9 Å². The van der Waals surface area contributed by atoms with Crippen LogP contribution in [0.4, 0.5) is 17.6 Å². The summed E-state index contributed by atoms with van der Waals surface area (Å²) in [6.45, 7) is 0. The van der Waals surface area contributed by atoms with Gasteiger partial charge in [0.1, 0.15) is 18.1 Å². The lowest BCUT2D eigenvalue weighted by Gasteiger charge is -2.25. The predicted octanol–water partition coefficient (Wildman–Crippen LogP) is 2.13. The summed E-state index contributed by atoms with van der Waals surface area (Å²) in [4.78, 5) is 101. The van der Waals surface area contributed by atoms with Crippen molar-refractivity contribution in [3.63, 3.8) is 0 Å². The number of carbonyl (C=O) groups excluding carboxylic acids is 5. The zero-order valence-electron chi connectivity index (χ0n) is 28.6. The van der Waals surface area contributed by atoms with Crippen LogP contribution in [0.25, 0.3) is 0 Å². The van der Waals surface area contributed by atoms with Crippen LogP contribution in [0.5, 0.6) is 0 Å². The van der Waals surface area contributed by atoms with Crippen LogP contribution < -0.4 is 21.7 Å². The summed E-state index contributed by atoms with van der Waals surface area (Å²) in [5.41, 5.74) is -5.48. The Kier molecular flexibility index (Phi) is 14.6. The molecular weight excluding hydrogens is 782 g/mol. The number of alkyl halides is 4. The molecule has 3 aromatic carbocycles. The zero-order chi connectivity index (χ0) is 41.4. The van der Waals surface area contributed by atoms with Crippen LogP contribution in [-0.4, -0.2) is 74.4 Å². The molecular formula is C33H36F4N4O12P2. The quantitative estimate of drug-likeness (QED) is 0.0521. The highest BCUT2D eigenvalue weighted by Crippen LogP contribution is 2.60. The molecule has 0 aromatic heterocycles. The minimum absolute atomic E-state index is 0.0438. The minimum Gasteiger partial charge on any atom is -0.469 e. The molecule has 16 nitrogen and oxygen atoms in total. The van der Waals surface area contributed by atoms with Crippen molar-refractivity contribution in [3.05, 3.63) is 107 Å². The van der Waals surface area contributed by atoms with Gasteiger partial charge in [0.15, 0.2) is 0 Å². The Morgan fingerprint density at radius 2 is 1.09 bits per heavy atom. The lowest BCUT2D eigenvalue weighted by Crippen LogP contribution is -2.57. The molecule has 2 unspecified atom stereocenters. The second-order valence-corrected chi connectivity index (χ2v) is 15.3. The summed E-state index contributed by atoms with van der Waals surface area (Å²) < 4.78 is 84.0. The number of hydrogen-bond donors (Lipinski definition) is 8. The molecule has 22 heteroatoms. The van der Waals surface area contributed by atoms with Crippen LogP contribution in [-0.2, 0) is 57.2 Å². The predicted molar refractivity (Wildman–Crippen MR) is 184 cm³/mol. The third kappa shape index (κ3) is 11.8. The standard InChI is InChI=1S/C33H36F4N4O12P2/c1-53-27(42)16-15-24(39-29(44)21-5-3-2-4-6-21)30(45)41-26(18-20-9-13-23(14-10-20)33(36,37)55(50,51)52)31(46)40-25(28(38)43)17-19-7-11-22(12-8-19)32(34,35)54(47,48)49/h2-14,24-26H,15-18H2,1H3,(H2,38,43)(H,39,44)(H,40,46)(H,41,45)(H2,47,48,49)(H2,50,51,52)/t24-,25?,26?/m0/s1. The van der Waals surface area contributed by atoms with Gasteiger partial charge in [-0.15, -0.1) is 0 Å². The van der Waals surface area contributed by atoms with Crippen LogP contribution >= 0.6 is 15.2 Å². The molecule has 0 aliphatic heterocycles. The summed E-state index contributed by atoms with van der Waals surface area (Å²) in [7, 11) is -10.8. The van der Waals surface area contributed by atoms with E-state index in [9.17, 15) is 50.7 Å². The number of benzene rings is 3. The molecule has 0 heterocycles. The van der Waals surface area contributed by atoms with Gasteiger partial charge < -0.3 is 46.0 Å². The number of halogens is 4. The average Bonchev–Trinajstić information content (AvgIpc) is 3.12. The van der Waals surface area contributed by atoms with E-state index in [1.807, 2.05) is 0 Å². The van der Waals surface area contributed by atoms with E-state index in [2.05, 4.69) is 20.7 Å². The van der Waals surface area contributed by atoms with Gasteiger partial charge in [0.2, 0.25) is 17.7 Å². The number of ether oxygens (including phenoxy) is 1. The molecule has 3 atom stereocenters. The van der Waals surface area contributed by atoms with Crippen molar-refractivity contribution >= 4 is 44.8 Å². The van der Waals surface area contributed by atoms with Gasteiger partial charge in [0.25, 0.3) is 5.91 Å². The molecule has 0 spiro atoms. The maximum absolute atomic E-state index is 14.3.